The van der Waals surface area contributed by atoms with E-state index in [1.165, 1.54) is 31.4 Å². The van der Waals surface area contributed by atoms with Crippen molar-refractivity contribution in [2.75, 3.05) is 26.8 Å². The van der Waals surface area contributed by atoms with Crippen molar-refractivity contribution in [1.82, 2.24) is 10.2 Å². The summed E-state index contributed by atoms with van der Waals surface area (Å²) in [6, 6.07) is 5.49. The van der Waals surface area contributed by atoms with Gasteiger partial charge in [-0.15, -0.1) is 0 Å². The fraction of sp³-hybridized carbons (Fsp3) is 0.467. The highest BCUT2D eigenvalue weighted by atomic mass is 19.1. The van der Waals surface area contributed by atoms with Gasteiger partial charge in [0.2, 0.25) is 5.91 Å². The largest absolute Gasteiger partial charge is 0.375 e. The van der Waals surface area contributed by atoms with Crippen molar-refractivity contribution in [1.29, 1.82) is 0 Å². The van der Waals surface area contributed by atoms with E-state index in [4.69, 9.17) is 4.74 Å². The molecule has 1 aromatic carbocycles. The van der Waals surface area contributed by atoms with Crippen LogP contribution in [0.1, 0.15) is 23.2 Å². The molecule has 6 heteroatoms. The van der Waals surface area contributed by atoms with Crippen LogP contribution in [0.4, 0.5) is 4.39 Å². The first-order valence-corrected chi connectivity index (χ1v) is 6.93. The summed E-state index contributed by atoms with van der Waals surface area (Å²) >= 11 is 0. The van der Waals surface area contributed by atoms with E-state index in [0.717, 1.165) is 0 Å². The molecule has 0 aromatic heterocycles. The first-order valence-electron chi connectivity index (χ1n) is 6.93. The van der Waals surface area contributed by atoms with Gasteiger partial charge in [0, 0.05) is 31.8 Å². The van der Waals surface area contributed by atoms with Crippen molar-refractivity contribution in [3.63, 3.8) is 0 Å². The minimum atomic E-state index is -0.364. The lowest BCUT2D eigenvalue weighted by Gasteiger charge is -2.32. The summed E-state index contributed by atoms with van der Waals surface area (Å²) in [5.74, 6) is -0.603. The van der Waals surface area contributed by atoms with E-state index in [1.807, 2.05) is 0 Å². The summed E-state index contributed by atoms with van der Waals surface area (Å²) in [6.45, 7) is 1.31. The third kappa shape index (κ3) is 4.26. The topological polar surface area (TPSA) is 58.6 Å². The number of likely N-dealkylation sites (tertiary alicyclic amines) is 1. The molecule has 114 valence electrons. The average Bonchev–Trinajstić information content (AvgIpc) is 2.49. The second kappa shape index (κ2) is 7.17. The second-order valence-electron chi connectivity index (χ2n) is 5.07. The fourth-order valence-corrected chi connectivity index (χ4v) is 2.36. The number of nitrogens with zero attached hydrogens (tertiary/aromatic N) is 1. The fourth-order valence-electron chi connectivity index (χ4n) is 2.36. The summed E-state index contributed by atoms with van der Waals surface area (Å²) < 4.78 is 17.6. The van der Waals surface area contributed by atoms with E-state index in [0.29, 0.717) is 31.5 Å². The molecule has 0 bridgehead atoms. The van der Waals surface area contributed by atoms with E-state index in [2.05, 4.69) is 5.32 Å². The Kier molecular flexibility index (Phi) is 5.27. The van der Waals surface area contributed by atoms with Crippen LogP contribution < -0.4 is 5.32 Å². The molecule has 1 fully saturated rings. The smallest absolute Gasteiger partial charge is 0.251 e. The molecule has 1 aliphatic heterocycles. The highest BCUT2D eigenvalue weighted by Crippen LogP contribution is 2.12. The normalized spacial score (nSPS) is 15.8. The van der Waals surface area contributed by atoms with Crippen LogP contribution in [0, 0.1) is 5.82 Å². The summed E-state index contributed by atoms with van der Waals surface area (Å²) in [7, 11) is 1.49. The van der Waals surface area contributed by atoms with Gasteiger partial charge in [0.25, 0.3) is 5.91 Å². The maximum Gasteiger partial charge on any atom is 0.251 e. The predicted molar refractivity (Wildman–Crippen MR) is 75.3 cm³/mol. The first kappa shape index (κ1) is 15.4. The number of hydrogen-bond donors (Lipinski definition) is 1. The number of methoxy groups -OCH3 is 1. The molecule has 5 nitrogen and oxygen atoms in total. The van der Waals surface area contributed by atoms with Crippen molar-refractivity contribution in [2.24, 2.45) is 0 Å². The Morgan fingerprint density at radius 2 is 1.90 bits per heavy atom. The molecular weight excluding hydrogens is 275 g/mol. The van der Waals surface area contributed by atoms with Gasteiger partial charge < -0.3 is 15.0 Å². The van der Waals surface area contributed by atoms with Gasteiger partial charge in [-0.3, -0.25) is 9.59 Å². The monoisotopic (exact) mass is 294 g/mol. The number of carbonyl (C=O) groups is 2. The number of benzene rings is 1. The molecule has 1 heterocycles. The Labute approximate surface area is 123 Å². The second-order valence-corrected chi connectivity index (χ2v) is 5.07. The van der Waals surface area contributed by atoms with Crippen molar-refractivity contribution in [3.05, 3.63) is 35.6 Å². The molecule has 0 spiro atoms. The Morgan fingerprint density at radius 1 is 1.29 bits per heavy atom. The van der Waals surface area contributed by atoms with Crippen LogP contribution >= 0.6 is 0 Å². The van der Waals surface area contributed by atoms with E-state index >= 15 is 0 Å². The van der Waals surface area contributed by atoms with Crippen molar-refractivity contribution in [3.8, 4) is 0 Å². The first-order chi connectivity index (χ1) is 10.1. The number of halogens is 1. The highest BCUT2D eigenvalue weighted by Gasteiger charge is 2.23. The number of rotatable bonds is 4. The maximum atomic E-state index is 12.8. The zero-order valence-corrected chi connectivity index (χ0v) is 12.0. The van der Waals surface area contributed by atoms with Gasteiger partial charge >= 0.3 is 0 Å². The summed E-state index contributed by atoms with van der Waals surface area (Å²) in [5.41, 5.74) is 0.439. The van der Waals surface area contributed by atoms with E-state index < -0.39 is 0 Å². The van der Waals surface area contributed by atoms with Gasteiger partial charge in [-0.2, -0.15) is 0 Å². The van der Waals surface area contributed by atoms with Crippen LogP contribution in [-0.2, 0) is 9.53 Å². The summed E-state index contributed by atoms with van der Waals surface area (Å²) in [6.07, 6.45) is 1.42. The minimum Gasteiger partial charge on any atom is -0.375 e. The third-order valence-electron chi connectivity index (χ3n) is 3.56. The molecule has 1 aromatic rings. The van der Waals surface area contributed by atoms with Gasteiger partial charge in [0.1, 0.15) is 12.4 Å². The Hall–Kier alpha value is -1.95. The van der Waals surface area contributed by atoms with Crippen LogP contribution in [0.2, 0.25) is 0 Å². The number of carbonyl (C=O) groups excluding carboxylic acids is 2. The molecule has 21 heavy (non-hydrogen) atoms. The SMILES string of the molecule is COCC(=O)N1CCC(NC(=O)c2ccc(F)cc2)CC1. The maximum absolute atomic E-state index is 12.8. The molecule has 0 saturated carbocycles. The molecule has 0 radical (unpaired) electrons. The Morgan fingerprint density at radius 3 is 2.48 bits per heavy atom. The lowest BCUT2D eigenvalue weighted by molar-refractivity contribution is -0.136. The molecule has 1 saturated heterocycles. The van der Waals surface area contributed by atoms with Crippen LogP contribution in [0.5, 0.6) is 0 Å². The van der Waals surface area contributed by atoms with Gasteiger partial charge in [0.15, 0.2) is 0 Å². The average molecular weight is 294 g/mol. The number of hydrogen-bond acceptors (Lipinski definition) is 3. The minimum absolute atomic E-state index is 0.0270. The van der Waals surface area contributed by atoms with Gasteiger partial charge in [-0.25, -0.2) is 4.39 Å². The Balaban J connectivity index is 1.82. The van der Waals surface area contributed by atoms with E-state index in [9.17, 15) is 14.0 Å². The van der Waals surface area contributed by atoms with Crippen LogP contribution in [0.25, 0.3) is 0 Å². The van der Waals surface area contributed by atoms with Crippen LogP contribution in [0.15, 0.2) is 24.3 Å². The molecule has 1 aliphatic rings. The zero-order chi connectivity index (χ0) is 15.2. The molecule has 2 amide bonds. The van der Waals surface area contributed by atoms with Crippen LogP contribution in [-0.4, -0.2) is 49.6 Å². The van der Waals surface area contributed by atoms with Crippen molar-refractivity contribution >= 4 is 11.8 Å². The molecule has 0 aliphatic carbocycles. The zero-order valence-electron chi connectivity index (χ0n) is 12.0. The van der Waals surface area contributed by atoms with Crippen molar-refractivity contribution < 1.29 is 18.7 Å². The van der Waals surface area contributed by atoms with Crippen molar-refractivity contribution in [2.45, 2.75) is 18.9 Å². The lowest BCUT2D eigenvalue weighted by atomic mass is 10.0. The van der Waals surface area contributed by atoms with Gasteiger partial charge in [-0.05, 0) is 37.1 Å². The standard InChI is InChI=1S/C15H19FN2O3/c1-21-10-14(19)18-8-6-13(7-9-18)17-15(20)11-2-4-12(16)5-3-11/h2-5,13H,6-10H2,1H3,(H,17,20). The summed E-state index contributed by atoms with van der Waals surface area (Å²) in [4.78, 5) is 25.4. The molecule has 0 atom stereocenters. The quantitative estimate of drug-likeness (QED) is 0.907. The highest BCUT2D eigenvalue weighted by molar-refractivity contribution is 5.94. The third-order valence-corrected chi connectivity index (χ3v) is 3.56. The number of ether oxygens (including phenoxy) is 1. The molecule has 0 unspecified atom stereocenters. The number of piperidine rings is 1. The number of amides is 2. The predicted octanol–water partition coefficient (Wildman–Crippen LogP) is 1.19. The molecular formula is C15H19FN2O3. The van der Waals surface area contributed by atoms with E-state index in [-0.39, 0.29) is 30.3 Å². The van der Waals surface area contributed by atoms with E-state index in [1.54, 1.807) is 4.90 Å². The lowest BCUT2D eigenvalue weighted by Crippen LogP contribution is -2.47. The van der Waals surface area contributed by atoms with Crippen LogP contribution in [0.3, 0.4) is 0 Å². The molecule has 1 N–H and O–H groups in total. The van der Waals surface area contributed by atoms with Gasteiger partial charge in [-0.1, -0.05) is 0 Å². The Bertz CT molecular complexity index is 496. The number of nitrogens with one attached hydrogen (secondary N) is 1. The van der Waals surface area contributed by atoms with Gasteiger partial charge in [0.05, 0.1) is 0 Å². The molecule has 2 rings (SSSR count). The summed E-state index contributed by atoms with van der Waals surface area (Å²) in [5, 5.41) is 2.92.